The molecule has 2 aromatic carbocycles. The Bertz CT molecular complexity index is 1370. The molecule has 0 aliphatic carbocycles. The number of anilines is 3. The van der Waals surface area contributed by atoms with E-state index in [-0.39, 0.29) is 17.2 Å². The summed E-state index contributed by atoms with van der Waals surface area (Å²) in [5.41, 5.74) is 5.38. The second kappa shape index (κ2) is 8.09. The molecule has 7 nitrogen and oxygen atoms in total. The number of aromatic amines is 1. The fraction of sp³-hybridized carbons (Fsp3) is 0.192. The molecule has 0 saturated carbocycles. The summed E-state index contributed by atoms with van der Waals surface area (Å²) in [6, 6.07) is 17.0. The molecular formula is C26H25N5O2. The predicted molar refractivity (Wildman–Crippen MR) is 131 cm³/mol. The molecular weight excluding hydrogens is 414 g/mol. The Kier molecular flexibility index (Phi) is 5.09. The van der Waals surface area contributed by atoms with E-state index < -0.39 is 0 Å². The van der Waals surface area contributed by atoms with Gasteiger partial charge in [-0.1, -0.05) is 32.0 Å². The molecule has 0 unspecified atom stereocenters. The number of hydrogen-bond donors (Lipinski definition) is 4. The van der Waals surface area contributed by atoms with Gasteiger partial charge < -0.3 is 20.9 Å². The Hall–Kier alpha value is -4.13. The number of carbonyl (C=O) groups is 2. The first-order chi connectivity index (χ1) is 15.9. The molecule has 0 saturated heterocycles. The van der Waals surface area contributed by atoms with Crippen LogP contribution >= 0.6 is 0 Å². The van der Waals surface area contributed by atoms with Gasteiger partial charge in [0.15, 0.2) is 0 Å². The molecule has 3 heterocycles. The topological polar surface area (TPSA) is 98.9 Å². The molecule has 2 amide bonds. The Morgan fingerprint density at radius 1 is 1.12 bits per heavy atom. The lowest BCUT2D eigenvalue weighted by atomic mass is 9.78. The Balaban J connectivity index is 1.35. The second-order valence-electron chi connectivity index (χ2n) is 8.94. The van der Waals surface area contributed by atoms with Crippen molar-refractivity contribution in [1.29, 1.82) is 0 Å². The van der Waals surface area contributed by atoms with E-state index >= 15 is 0 Å². The largest absolute Gasteiger partial charge is 0.380 e. The van der Waals surface area contributed by atoms with E-state index in [1.54, 1.807) is 12.3 Å². The molecule has 0 fully saturated rings. The van der Waals surface area contributed by atoms with Gasteiger partial charge in [0.05, 0.1) is 5.56 Å². The van der Waals surface area contributed by atoms with Gasteiger partial charge in [-0.15, -0.1) is 0 Å². The van der Waals surface area contributed by atoms with Gasteiger partial charge in [0, 0.05) is 53.2 Å². The van der Waals surface area contributed by atoms with Crippen molar-refractivity contribution in [1.82, 2.24) is 9.97 Å². The third-order valence-corrected chi connectivity index (χ3v) is 6.06. The average Bonchev–Trinajstić information content (AvgIpc) is 3.20. The lowest BCUT2D eigenvalue weighted by molar-refractivity contribution is -0.117. The number of pyridine rings is 1. The third kappa shape index (κ3) is 4.05. The maximum absolute atomic E-state index is 13.1. The van der Waals surface area contributed by atoms with Crippen LogP contribution in [-0.4, -0.2) is 21.8 Å². The van der Waals surface area contributed by atoms with Gasteiger partial charge in [-0.05, 0) is 47.5 Å². The van der Waals surface area contributed by atoms with Crippen molar-refractivity contribution in [2.24, 2.45) is 0 Å². The molecule has 4 N–H and O–H groups in total. The quantitative estimate of drug-likeness (QED) is 0.350. The highest BCUT2D eigenvalue weighted by Gasteiger charge is 2.31. The number of aromatic nitrogens is 2. The Morgan fingerprint density at radius 2 is 1.97 bits per heavy atom. The monoisotopic (exact) mass is 439 g/mol. The van der Waals surface area contributed by atoms with Gasteiger partial charge >= 0.3 is 0 Å². The zero-order valence-electron chi connectivity index (χ0n) is 18.5. The van der Waals surface area contributed by atoms with E-state index in [4.69, 9.17) is 0 Å². The smallest absolute Gasteiger partial charge is 0.257 e. The molecule has 1 aliphatic rings. The summed E-state index contributed by atoms with van der Waals surface area (Å²) >= 11 is 0. The van der Waals surface area contributed by atoms with E-state index in [9.17, 15) is 9.59 Å². The van der Waals surface area contributed by atoms with E-state index in [0.717, 1.165) is 33.5 Å². The van der Waals surface area contributed by atoms with E-state index in [2.05, 4.69) is 39.8 Å². The zero-order valence-corrected chi connectivity index (χ0v) is 18.5. The maximum atomic E-state index is 13.1. The van der Waals surface area contributed by atoms with Crippen LogP contribution in [0.25, 0.3) is 11.0 Å². The highest BCUT2D eigenvalue weighted by atomic mass is 16.2. The molecule has 0 bridgehead atoms. The van der Waals surface area contributed by atoms with Crippen molar-refractivity contribution in [3.8, 4) is 0 Å². The van der Waals surface area contributed by atoms with Crippen molar-refractivity contribution in [2.45, 2.75) is 32.2 Å². The summed E-state index contributed by atoms with van der Waals surface area (Å²) < 4.78 is 0. The average molecular weight is 440 g/mol. The van der Waals surface area contributed by atoms with E-state index in [0.29, 0.717) is 24.2 Å². The molecule has 166 valence electrons. The van der Waals surface area contributed by atoms with E-state index in [1.807, 2.05) is 54.7 Å². The molecule has 2 aromatic heterocycles. The molecule has 7 heteroatoms. The predicted octanol–water partition coefficient (Wildman–Crippen LogP) is 5.05. The molecule has 1 aliphatic heterocycles. The van der Waals surface area contributed by atoms with Crippen molar-refractivity contribution in [3.63, 3.8) is 0 Å². The number of H-pyrrole nitrogens is 1. The highest BCUT2D eigenvalue weighted by molar-refractivity contribution is 6.08. The van der Waals surface area contributed by atoms with Gasteiger partial charge in [-0.25, -0.2) is 4.98 Å². The van der Waals surface area contributed by atoms with Crippen LogP contribution in [0.1, 0.15) is 41.8 Å². The van der Waals surface area contributed by atoms with Crippen molar-refractivity contribution in [3.05, 3.63) is 83.7 Å². The number of benzene rings is 2. The Morgan fingerprint density at radius 3 is 2.85 bits per heavy atom. The van der Waals surface area contributed by atoms with Gasteiger partial charge in [-0.2, -0.15) is 0 Å². The minimum Gasteiger partial charge on any atom is -0.380 e. The number of amides is 2. The second-order valence-corrected chi connectivity index (χ2v) is 8.94. The van der Waals surface area contributed by atoms with Crippen LogP contribution in [0.3, 0.4) is 0 Å². The zero-order chi connectivity index (χ0) is 23.0. The maximum Gasteiger partial charge on any atom is 0.257 e. The summed E-state index contributed by atoms with van der Waals surface area (Å²) in [7, 11) is 0. The molecule has 0 atom stereocenters. The summed E-state index contributed by atoms with van der Waals surface area (Å²) in [6.07, 6.45) is 4.12. The van der Waals surface area contributed by atoms with Crippen LogP contribution in [0.5, 0.6) is 0 Å². The summed E-state index contributed by atoms with van der Waals surface area (Å²) in [6.45, 7) is 4.65. The van der Waals surface area contributed by atoms with Crippen molar-refractivity contribution >= 4 is 39.9 Å². The van der Waals surface area contributed by atoms with Crippen LogP contribution in [0.15, 0.2) is 67.0 Å². The number of rotatable bonds is 5. The fourth-order valence-corrected chi connectivity index (χ4v) is 4.39. The van der Waals surface area contributed by atoms with Crippen LogP contribution in [-0.2, 0) is 16.8 Å². The normalized spacial score (nSPS) is 14.4. The fourth-order valence-electron chi connectivity index (χ4n) is 4.39. The van der Waals surface area contributed by atoms with Crippen LogP contribution in [0.2, 0.25) is 0 Å². The lowest BCUT2D eigenvalue weighted by Crippen LogP contribution is -2.32. The van der Waals surface area contributed by atoms with Crippen LogP contribution < -0.4 is 16.0 Å². The molecule has 0 radical (unpaired) electrons. The van der Waals surface area contributed by atoms with Crippen LogP contribution in [0, 0.1) is 0 Å². The first-order valence-corrected chi connectivity index (χ1v) is 10.9. The molecule has 0 spiro atoms. The number of para-hydroxylation sites is 1. The number of carbonyl (C=O) groups excluding carboxylic acids is 2. The molecule has 33 heavy (non-hydrogen) atoms. The first kappa shape index (κ1) is 20.8. The van der Waals surface area contributed by atoms with Crippen LogP contribution in [0.4, 0.5) is 17.1 Å². The summed E-state index contributed by atoms with van der Waals surface area (Å²) in [5, 5.41) is 10.3. The minimum atomic E-state index is -0.241. The highest BCUT2D eigenvalue weighted by Crippen LogP contribution is 2.38. The number of hydrogen-bond acceptors (Lipinski definition) is 4. The summed E-state index contributed by atoms with van der Waals surface area (Å²) in [4.78, 5) is 32.7. The number of fused-ring (bicyclic) bond motifs is 2. The number of nitrogens with zero attached hydrogens (tertiary/aromatic N) is 1. The first-order valence-electron chi connectivity index (χ1n) is 10.9. The number of nitrogens with one attached hydrogen (secondary N) is 4. The standard InChI is InChI=1S/C26H25N5O2/c1-26(2)13-23(32)31-22-12-17(9-10-20(22)26)30-25(33)19-6-3-4-8-21(19)28-14-16-15-29-24-18(16)7-5-11-27-24/h3-12,15,28H,13-14H2,1-2H3,(H,27,29)(H,30,33)(H,31,32). The van der Waals surface area contributed by atoms with Gasteiger partial charge in [0.25, 0.3) is 5.91 Å². The van der Waals surface area contributed by atoms with Crippen molar-refractivity contribution in [2.75, 3.05) is 16.0 Å². The molecule has 5 rings (SSSR count). The van der Waals surface area contributed by atoms with Crippen molar-refractivity contribution < 1.29 is 9.59 Å². The van der Waals surface area contributed by atoms with Gasteiger partial charge in [0.2, 0.25) is 5.91 Å². The lowest BCUT2D eigenvalue weighted by Gasteiger charge is -2.32. The van der Waals surface area contributed by atoms with E-state index in [1.165, 1.54) is 0 Å². The third-order valence-electron chi connectivity index (χ3n) is 6.06. The Labute approximate surface area is 191 Å². The van der Waals surface area contributed by atoms with Gasteiger partial charge in [-0.3, -0.25) is 9.59 Å². The van der Waals surface area contributed by atoms with Gasteiger partial charge in [0.1, 0.15) is 5.65 Å². The SMILES string of the molecule is CC1(C)CC(=O)Nc2cc(NC(=O)c3ccccc3NCc3c[nH]c4ncccc34)ccc21. The summed E-state index contributed by atoms with van der Waals surface area (Å²) in [5.74, 6) is -0.238. The molecule has 4 aromatic rings. The minimum absolute atomic E-state index is 0.0157.